The third kappa shape index (κ3) is 4.01. The third-order valence-corrected chi connectivity index (χ3v) is 4.40. The molecule has 0 amide bonds. The van der Waals surface area contributed by atoms with E-state index < -0.39 is 23.2 Å². The van der Waals surface area contributed by atoms with Crippen LogP contribution in [0.5, 0.6) is 0 Å². The van der Waals surface area contributed by atoms with Crippen LogP contribution < -0.4 is 0 Å². The Balaban J connectivity index is 2.03. The number of hydrogen-bond acceptors (Lipinski definition) is 4. The summed E-state index contributed by atoms with van der Waals surface area (Å²) >= 11 is 0. The van der Waals surface area contributed by atoms with E-state index in [2.05, 4.69) is 26.9 Å². The molecule has 0 aliphatic heterocycles. The number of nitrogens with zero attached hydrogens (tertiary/aromatic N) is 4. The molecule has 1 N–H and O–H groups in total. The van der Waals surface area contributed by atoms with E-state index >= 15 is 0 Å². The number of rotatable bonds is 4. The Labute approximate surface area is 155 Å². The molecule has 5 nitrogen and oxygen atoms in total. The van der Waals surface area contributed by atoms with E-state index in [9.17, 15) is 13.9 Å². The molecule has 3 rings (SSSR count). The van der Waals surface area contributed by atoms with Gasteiger partial charge in [-0.15, -0.1) is 0 Å². The molecule has 0 aliphatic carbocycles. The lowest BCUT2D eigenvalue weighted by Crippen LogP contribution is -2.39. The number of aromatic nitrogens is 4. The van der Waals surface area contributed by atoms with E-state index in [1.165, 1.54) is 23.4 Å². The standard InChI is InChI=1S/C20H18F2N4O/c1-14-4-3-9-24-19(14)8-5-15(2)20(27,11-26-13-23-12-25-26)17-7-6-16(21)10-18(17)22/h3-4,6-7,9-10,12-13,15,27H,11H2,1-2H3/t15-,20+/m0/s1. The summed E-state index contributed by atoms with van der Waals surface area (Å²) in [4.78, 5) is 8.05. The highest BCUT2D eigenvalue weighted by Gasteiger charge is 2.38. The largest absolute Gasteiger partial charge is 0.382 e. The van der Waals surface area contributed by atoms with Crippen LogP contribution in [0.15, 0.2) is 49.2 Å². The molecule has 138 valence electrons. The summed E-state index contributed by atoms with van der Waals surface area (Å²) in [7, 11) is 0. The van der Waals surface area contributed by atoms with Crippen LogP contribution in [-0.2, 0) is 12.1 Å². The van der Waals surface area contributed by atoms with Gasteiger partial charge in [0.05, 0.1) is 12.5 Å². The van der Waals surface area contributed by atoms with Gasteiger partial charge in [-0.2, -0.15) is 5.10 Å². The Kier molecular flexibility index (Phi) is 5.28. The molecule has 7 heteroatoms. The van der Waals surface area contributed by atoms with Crippen molar-refractivity contribution in [2.45, 2.75) is 26.0 Å². The normalized spacial score (nSPS) is 14.1. The molecule has 1 aromatic carbocycles. The van der Waals surface area contributed by atoms with Crippen LogP contribution in [0.4, 0.5) is 8.78 Å². The second-order valence-electron chi connectivity index (χ2n) is 6.30. The van der Waals surface area contributed by atoms with Gasteiger partial charge in [-0.05, 0) is 37.5 Å². The van der Waals surface area contributed by atoms with Crippen LogP contribution in [0.2, 0.25) is 0 Å². The Bertz CT molecular complexity index is 995. The zero-order chi connectivity index (χ0) is 19.4. The highest BCUT2D eigenvalue weighted by Crippen LogP contribution is 2.33. The number of aryl methyl sites for hydroxylation is 1. The molecule has 0 spiro atoms. The minimum absolute atomic E-state index is 0.0565. The minimum atomic E-state index is -1.75. The van der Waals surface area contributed by atoms with Crippen LogP contribution in [0.3, 0.4) is 0 Å². The number of aliphatic hydroxyl groups is 1. The Morgan fingerprint density at radius 2 is 2.11 bits per heavy atom. The molecule has 2 atom stereocenters. The van der Waals surface area contributed by atoms with Crippen molar-refractivity contribution in [3.8, 4) is 11.8 Å². The molecule has 2 aromatic heterocycles. The molecule has 0 saturated heterocycles. The zero-order valence-electron chi connectivity index (χ0n) is 14.9. The molecule has 27 heavy (non-hydrogen) atoms. The van der Waals surface area contributed by atoms with E-state index in [1.807, 2.05) is 13.0 Å². The van der Waals surface area contributed by atoms with Gasteiger partial charge in [-0.3, -0.25) is 0 Å². The number of hydrogen-bond donors (Lipinski definition) is 1. The molecule has 2 heterocycles. The van der Waals surface area contributed by atoms with Crippen LogP contribution >= 0.6 is 0 Å². The number of halogens is 2. The SMILES string of the molecule is Cc1cccnc1C#C[C@H](C)[C@](O)(Cn1cncn1)c1ccc(F)cc1F. The lowest BCUT2D eigenvalue weighted by atomic mass is 9.82. The quantitative estimate of drug-likeness (QED) is 0.720. The summed E-state index contributed by atoms with van der Waals surface area (Å²) in [6.45, 7) is 3.46. The summed E-state index contributed by atoms with van der Waals surface area (Å²) in [5, 5.41) is 15.3. The van der Waals surface area contributed by atoms with Crippen LogP contribution in [0, 0.1) is 36.3 Å². The van der Waals surface area contributed by atoms with Crippen molar-refractivity contribution in [3.63, 3.8) is 0 Å². The maximum Gasteiger partial charge on any atom is 0.137 e. The average molecular weight is 368 g/mol. The Morgan fingerprint density at radius 1 is 1.30 bits per heavy atom. The van der Waals surface area contributed by atoms with Crippen molar-refractivity contribution in [1.29, 1.82) is 0 Å². The first-order valence-electron chi connectivity index (χ1n) is 8.33. The van der Waals surface area contributed by atoms with Gasteiger partial charge in [-0.25, -0.2) is 23.4 Å². The Hall–Kier alpha value is -3.11. The van der Waals surface area contributed by atoms with E-state index in [0.717, 1.165) is 17.7 Å². The molecule has 0 aliphatic rings. The molecule has 3 aromatic rings. The van der Waals surface area contributed by atoms with Crippen LogP contribution in [0.25, 0.3) is 0 Å². The first-order chi connectivity index (χ1) is 12.9. The maximum atomic E-state index is 14.5. The second kappa shape index (κ2) is 7.64. The summed E-state index contributed by atoms with van der Waals surface area (Å²) in [5.74, 6) is 3.61. The maximum absolute atomic E-state index is 14.5. The zero-order valence-corrected chi connectivity index (χ0v) is 14.9. The summed E-state index contributed by atoms with van der Waals surface area (Å²) in [6, 6.07) is 6.76. The smallest absolute Gasteiger partial charge is 0.137 e. The summed E-state index contributed by atoms with van der Waals surface area (Å²) in [6.07, 6.45) is 4.35. The predicted molar refractivity (Wildman–Crippen MR) is 95.3 cm³/mol. The van der Waals surface area contributed by atoms with Crippen molar-refractivity contribution in [3.05, 3.63) is 77.6 Å². The van der Waals surface area contributed by atoms with Gasteiger partial charge in [0.15, 0.2) is 0 Å². The first kappa shape index (κ1) is 18.7. The molecule has 0 fully saturated rings. The van der Waals surface area contributed by atoms with Crippen molar-refractivity contribution in [1.82, 2.24) is 19.7 Å². The molecule has 0 radical (unpaired) electrons. The summed E-state index contributed by atoms with van der Waals surface area (Å²) in [5.41, 5.74) is -0.336. The van der Waals surface area contributed by atoms with E-state index in [0.29, 0.717) is 5.69 Å². The van der Waals surface area contributed by atoms with E-state index in [4.69, 9.17) is 0 Å². The lowest BCUT2D eigenvalue weighted by molar-refractivity contribution is -0.0191. The topological polar surface area (TPSA) is 63.8 Å². The fourth-order valence-corrected chi connectivity index (χ4v) is 2.77. The van der Waals surface area contributed by atoms with E-state index in [1.54, 1.807) is 19.2 Å². The second-order valence-corrected chi connectivity index (χ2v) is 6.30. The van der Waals surface area contributed by atoms with Crippen LogP contribution in [-0.4, -0.2) is 24.9 Å². The molecular formula is C20H18F2N4O. The number of pyridine rings is 1. The summed E-state index contributed by atoms with van der Waals surface area (Å²) < 4.78 is 29.2. The average Bonchev–Trinajstić information content (AvgIpc) is 3.13. The predicted octanol–water partition coefficient (Wildman–Crippen LogP) is 2.84. The minimum Gasteiger partial charge on any atom is -0.382 e. The van der Waals surface area contributed by atoms with Gasteiger partial charge in [0, 0.05) is 17.8 Å². The van der Waals surface area contributed by atoms with E-state index in [-0.39, 0.29) is 12.1 Å². The van der Waals surface area contributed by atoms with Crippen molar-refractivity contribution in [2.24, 2.45) is 5.92 Å². The van der Waals surface area contributed by atoms with Crippen LogP contribution in [0.1, 0.15) is 23.7 Å². The lowest BCUT2D eigenvalue weighted by Gasteiger charge is -2.32. The third-order valence-electron chi connectivity index (χ3n) is 4.40. The van der Waals surface area contributed by atoms with Gasteiger partial charge in [0.1, 0.15) is 35.6 Å². The fourth-order valence-electron chi connectivity index (χ4n) is 2.77. The van der Waals surface area contributed by atoms with Crippen molar-refractivity contribution >= 4 is 0 Å². The van der Waals surface area contributed by atoms with Gasteiger partial charge < -0.3 is 5.11 Å². The molecular weight excluding hydrogens is 350 g/mol. The molecule has 0 bridgehead atoms. The van der Waals surface area contributed by atoms with Gasteiger partial charge in [-0.1, -0.05) is 18.1 Å². The number of benzene rings is 1. The first-order valence-corrected chi connectivity index (χ1v) is 8.33. The highest BCUT2D eigenvalue weighted by atomic mass is 19.1. The van der Waals surface area contributed by atoms with Gasteiger partial charge in [0.2, 0.25) is 0 Å². The van der Waals surface area contributed by atoms with Gasteiger partial charge >= 0.3 is 0 Å². The monoisotopic (exact) mass is 368 g/mol. The fraction of sp³-hybridized carbons (Fsp3) is 0.250. The Morgan fingerprint density at radius 3 is 2.78 bits per heavy atom. The van der Waals surface area contributed by atoms with Crippen molar-refractivity contribution in [2.75, 3.05) is 0 Å². The van der Waals surface area contributed by atoms with Gasteiger partial charge in [0.25, 0.3) is 0 Å². The molecule has 0 unspecified atom stereocenters. The highest BCUT2D eigenvalue weighted by molar-refractivity contribution is 5.36. The molecule has 0 saturated carbocycles. The van der Waals surface area contributed by atoms with Crippen molar-refractivity contribution < 1.29 is 13.9 Å².